The van der Waals surface area contributed by atoms with Crippen LogP contribution in [0.3, 0.4) is 0 Å². The van der Waals surface area contributed by atoms with Gasteiger partial charge in [0.25, 0.3) is 5.56 Å². The Kier molecular flexibility index (Phi) is 4.01. The fraction of sp³-hybridized carbons (Fsp3) is 0.0909. The molecule has 0 spiro atoms. The van der Waals surface area contributed by atoms with E-state index in [-0.39, 0.29) is 5.02 Å². The Morgan fingerprint density at radius 2 is 2.00 bits per heavy atom. The van der Waals surface area contributed by atoms with Crippen LogP contribution in [0, 0.1) is 0 Å². The van der Waals surface area contributed by atoms with Gasteiger partial charge in [0, 0.05) is 12.1 Å². The fourth-order valence-corrected chi connectivity index (χ4v) is 2.25. The van der Waals surface area contributed by atoms with Crippen LogP contribution in [-0.4, -0.2) is 16.8 Å². The Hall–Kier alpha value is -1.27. The van der Waals surface area contributed by atoms with E-state index in [9.17, 15) is 4.79 Å². The van der Waals surface area contributed by atoms with Crippen molar-refractivity contribution < 1.29 is 0 Å². The van der Waals surface area contributed by atoms with Crippen LogP contribution < -0.4 is 16.4 Å². The Morgan fingerprint density at radius 3 is 2.58 bits per heavy atom. The van der Waals surface area contributed by atoms with Crippen molar-refractivity contribution in [2.24, 2.45) is 5.84 Å². The third kappa shape index (κ3) is 2.69. The Morgan fingerprint density at radius 1 is 1.32 bits per heavy atom. The largest absolute Gasteiger partial charge is 0.311 e. The van der Waals surface area contributed by atoms with E-state index in [0.29, 0.717) is 21.4 Å². The second kappa shape index (κ2) is 5.38. The van der Waals surface area contributed by atoms with Crippen LogP contribution >= 0.6 is 34.8 Å². The van der Waals surface area contributed by atoms with Crippen molar-refractivity contribution in [1.29, 1.82) is 0 Å². The smallest absolute Gasteiger partial charge is 0.292 e. The van der Waals surface area contributed by atoms with Crippen molar-refractivity contribution >= 4 is 40.5 Å². The van der Waals surface area contributed by atoms with Crippen LogP contribution in [-0.2, 0) is 0 Å². The van der Waals surface area contributed by atoms with E-state index >= 15 is 0 Å². The molecule has 1 aromatic heterocycles. The number of halogens is 3. The van der Waals surface area contributed by atoms with Crippen molar-refractivity contribution in [3.63, 3.8) is 0 Å². The molecule has 0 fully saturated rings. The monoisotopic (exact) mass is 318 g/mol. The van der Waals surface area contributed by atoms with Gasteiger partial charge in [-0.1, -0.05) is 34.8 Å². The molecule has 0 radical (unpaired) electrons. The van der Waals surface area contributed by atoms with Gasteiger partial charge < -0.3 is 5.01 Å². The van der Waals surface area contributed by atoms with Crippen LogP contribution in [0.4, 0.5) is 5.69 Å². The van der Waals surface area contributed by atoms with E-state index in [1.165, 1.54) is 17.3 Å². The molecular formula is C11H9Cl3N4O. The molecule has 0 aliphatic heterocycles. The third-order valence-corrected chi connectivity index (χ3v) is 3.31. The van der Waals surface area contributed by atoms with Crippen LogP contribution in [0.5, 0.6) is 0 Å². The summed E-state index contributed by atoms with van der Waals surface area (Å²) in [5, 5.41) is 5.93. The lowest BCUT2D eigenvalue weighted by atomic mass is 10.3. The molecule has 100 valence electrons. The summed E-state index contributed by atoms with van der Waals surface area (Å²) in [5.74, 6) is 5.54. The van der Waals surface area contributed by atoms with Gasteiger partial charge in [-0.2, -0.15) is 9.78 Å². The molecule has 19 heavy (non-hydrogen) atoms. The lowest BCUT2D eigenvalue weighted by Crippen LogP contribution is -2.30. The molecule has 2 N–H and O–H groups in total. The van der Waals surface area contributed by atoms with E-state index in [1.807, 2.05) is 0 Å². The number of nitrogens with two attached hydrogens (primary N) is 1. The molecule has 0 aliphatic carbocycles. The summed E-state index contributed by atoms with van der Waals surface area (Å²) in [5.41, 5.74) is 0.206. The summed E-state index contributed by atoms with van der Waals surface area (Å²) >= 11 is 17.8. The lowest BCUT2D eigenvalue weighted by molar-refractivity contribution is 0.800. The van der Waals surface area contributed by atoms with Gasteiger partial charge in [-0.05, 0) is 18.2 Å². The summed E-state index contributed by atoms with van der Waals surface area (Å²) in [6.45, 7) is 0. The first-order valence-electron chi connectivity index (χ1n) is 5.13. The zero-order chi connectivity index (χ0) is 14.2. The van der Waals surface area contributed by atoms with E-state index < -0.39 is 5.56 Å². The first-order chi connectivity index (χ1) is 8.91. The number of hydrazine groups is 1. The highest BCUT2D eigenvalue weighted by Gasteiger charge is 2.14. The first-order valence-corrected chi connectivity index (χ1v) is 6.27. The van der Waals surface area contributed by atoms with Crippen molar-refractivity contribution in [2.75, 3.05) is 12.1 Å². The molecule has 0 saturated heterocycles. The Balaban J connectivity index is 2.65. The van der Waals surface area contributed by atoms with Crippen molar-refractivity contribution in [2.45, 2.75) is 0 Å². The number of anilines is 1. The van der Waals surface area contributed by atoms with Crippen LogP contribution in [0.25, 0.3) is 5.69 Å². The molecule has 1 aromatic carbocycles. The molecule has 0 amide bonds. The predicted molar refractivity (Wildman–Crippen MR) is 77.5 cm³/mol. The zero-order valence-electron chi connectivity index (χ0n) is 9.77. The maximum Gasteiger partial charge on any atom is 0.292 e. The Bertz CT molecular complexity index is 684. The summed E-state index contributed by atoms with van der Waals surface area (Å²) in [4.78, 5) is 12.1. The highest BCUT2D eigenvalue weighted by atomic mass is 35.5. The zero-order valence-corrected chi connectivity index (χ0v) is 12.0. The standard InChI is InChI=1S/C11H9Cl3N4O/c1-17(15)9-5-16-18(11(19)10(9)14)8-3-2-6(12)4-7(8)13/h2-5H,15H2,1H3. The van der Waals surface area contributed by atoms with Gasteiger partial charge >= 0.3 is 0 Å². The second-order valence-electron chi connectivity index (χ2n) is 3.77. The molecule has 0 aliphatic rings. The highest BCUT2D eigenvalue weighted by Crippen LogP contribution is 2.24. The third-order valence-electron chi connectivity index (χ3n) is 2.42. The minimum absolute atomic E-state index is 0.0361. The summed E-state index contributed by atoms with van der Waals surface area (Å²) in [6.07, 6.45) is 1.38. The van der Waals surface area contributed by atoms with Gasteiger partial charge in [-0.15, -0.1) is 0 Å². The second-order valence-corrected chi connectivity index (χ2v) is 4.99. The molecule has 2 aromatic rings. The van der Waals surface area contributed by atoms with Gasteiger partial charge in [0.15, 0.2) is 0 Å². The maximum absolute atomic E-state index is 12.1. The topological polar surface area (TPSA) is 64.2 Å². The summed E-state index contributed by atoms with van der Waals surface area (Å²) < 4.78 is 1.09. The lowest BCUT2D eigenvalue weighted by Gasteiger charge is -2.14. The molecule has 1 heterocycles. The molecule has 0 atom stereocenters. The van der Waals surface area contributed by atoms with Crippen LogP contribution in [0.15, 0.2) is 29.2 Å². The average Bonchev–Trinajstić information content (AvgIpc) is 2.33. The van der Waals surface area contributed by atoms with Gasteiger partial charge in [-0.3, -0.25) is 4.79 Å². The van der Waals surface area contributed by atoms with Gasteiger partial charge in [0.05, 0.1) is 22.6 Å². The van der Waals surface area contributed by atoms with Crippen molar-refractivity contribution in [1.82, 2.24) is 9.78 Å². The molecule has 8 heteroatoms. The van der Waals surface area contributed by atoms with Gasteiger partial charge in [-0.25, -0.2) is 5.84 Å². The number of nitrogens with zero attached hydrogens (tertiary/aromatic N) is 3. The number of rotatable bonds is 2. The molecule has 0 unspecified atom stereocenters. The highest BCUT2D eigenvalue weighted by molar-refractivity contribution is 6.36. The number of hydrogen-bond donors (Lipinski definition) is 1. The quantitative estimate of drug-likeness (QED) is 0.682. The normalized spacial score (nSPS) is 10.6. The summed E-state index contributed by atoms with van der Waals surface area (Å²) in [6, 6.07) is 4.71. The predicted octanol–water partition coefficient (Wildman–Crippen LogP) is 2.50. The molecule has 2 rings (SSSR count). The maximum atomic E-state index is 12.1. The van der Waals surface area contributed by atoms with Gasteiger partial charge in [0.1, 0.15) is 5.02 Å². The van der Waals surface area contributed by atoms with Crippen molar-refractivity contribution in [3.05, 3.63) is 49.8 Å². The van der Waals surface area contributed by atoms with Crippen LogP contribution in [0.2, 0.25) is 15.1 Å². The number of aromatic nitrogens is 2. The first kappa shape index (κ1) is 14.1. The van der Waals surface area contributed by atoms with Crippen molar-refractivity contribution in [3.8, 4) is 5.69 Å². The minimum atomic E-state index is -0.513. The van der Waals surface area contributed by atoms with Gasteiger partial charge in [0.2, 0.25) is 0 Å². The molecule has 5 nitrogen and oxygen atoms in total. The van der Waals surface area contributed by atoms with Crippen LogP contribution in [0.1, 0.15) is 0 Å². The fourth-order valence-electron chi connectivity index (χ4n) is 1.49. The SMILES string of the molecule is CN(N)c1cnn(-c2ccc(Cl)cc2Cl)c(=O)c1Cl. The van der Waals surface area contributed by atoms with E-state index in [4.69, 9.17) is 40.6 Å². The minimum Gasteiger partial charge on any atom is -0.311 e. The average molecular weight is 320 g/mol. The number of benzene rings is 1. The van der Waals surface area contributed by atoms with E-state index in [1.54, 1.807) is 19.2 Å². The Labute approximate surface area is 124 Å². The van der Waals surface area contributed by atoms with E-state index in [0.717, 1.165) is 4.68 Å². The molecular weight excluding hydrogens is 311 g/mol. The summed E-state index contributed by atoms with van der Waals surface area (Å²) in [7, 11) is 1.56. The number of hydrogen-bond acceptors (Lipinski definition) is 4. The molecule has 0 saturated carbocycles. The van der Waals surface area contributed by atoms with E-state index in [2.05, 4.69) is 5.10 Å². The molecule has 0 bridgehead atoms.